The Bertz CT molecular complexity index is 410. The Morgan fingerprint density at radius 1 is 1.62 bits per heavy atom. The van der Waals surface area contributed by atoms with Crippen molar-refractivity contribution in [1.29, 1.82) is 0 Å². The molecule has 1 rings (SSSR count). The number of ether oxygens (including phenoxy) is 1. The van der Waals surface area contributed by atoms with Gasteiger partial charge in [0.2, 0.25) is 0 Å². The monoisotopic (exact) mass is 231 g/mol. The summed E-state index contributed by atoms with van der Waals surface area (Å²) in [7, 11) is 1.12. The molecule has 0 unspecified atom stereocenters. The predicted molar refractivity (Wildman–Crippen MR) is 52.8 cm³/mol. The highest BCUT2D eigenvalue weighted by molar-refractivity contribution is 5.96. The first-order chi connectivity index (χ1) is 7.52. The molecule has 7 heteroatoms. The van der Waals surface area contributed by atoms with Crippen molar-refractivity contribution in [2.75, 3.05) is 12.8 Å². The van der Waals surface area contributed by atoms with Crippen LogP contribution < -0.4 is 11.5 Å². The lowest BCUT2D eigenvalue weighted by atomic mass is 10.0. The number of nitrogens with zero attached hydrogens (tertiary/aromatic N) is 1. The molecule has 0 radical (unpaired) electrons. The van der Waals surface area contributed by atoms with Gasteiger partial charge in [-0.15, -0.1) is 0 Å². The van der Waals surface area contributed by atoms with Gasteiger partial charge in [0.15, 0.2) is 0 Å². The summed E-state index contributed by atoms with van der Waals surface area (Å²) in [5, 5.41) is 0. The molecule has 0 aromatic carbocycles. The fourth-order valence-corrected chi connectivity index (χ4v) is 1.32. The van der Waals surface area contributed by atoms with Crippen molar-refractivity contribution in [3.63, 3.8) is 0 Å². The molecule has 5 nitrogen and oxygen atoms in total. The normalized spacial score (nSPS) is 10.6. The van der Waals surface area contributed by atoms with E-state index in [2.05, 4.69) is 9.72 Å². The van der Waals surface area contributed by atoms with Crippen molar-refractivity contribution in [3.05, 3.63) is 22.9 Å². The van der Waals surface area contributed by atoms with E-state index in [9.17, 15) is 13.6 Å². The van der Waals surface area contributed by atoms with Crippen LogP contribution in [0.1, 0.15) is 27.9 Å². The summed E-state index contributed by atoms with van der Waals surface area (Å²) >= 11 is 0. The molecule has 4 N–H and O–H groups in total. The molecule has 88 valence electrons. The third-order valence-electron chi connectivity index (χ3n) is 2.08. The maximum atomic E-state index is 12.6. The minimum atomic E-state index is -2.77. The molecule has 0 atom stereocenters. The smallest absolute Gasteiger partial charge is 0.341 e. The van der Waals surface area contributed by atoms with Gasteiger partial charge in [0.05, 0.1) is 7.11 Å². The summed E-state index contributed by atoms with van der Waals surface area (Å²) in [6.07, 6.45) is -1.86. The number of nitrogen functional groups attached to an aromatic ring is 1. The van der Waals surface area contributed by atoms with Crippen molar-refractivity contribution in [2.24, 2.45) is 5.73 Å². The van der Waals surface area contributed by atoms with Gasteiger partial charge in [-0.05, 0) is 5.56 Å². The van der Waals surface area contributed by atoms with Crippen molar-refractivity contribution in [2.45, 2.75) is 13.0 Å². The zero-order valence-corrected chi connectivity index (χ0v) is 8.54. The molecule has 1 heterocycles. The first kappa shape index (κ1) is 12.3. The number of esters is 1. The summed E-state index contributed by atoms with van der Waals surface area (Å²) in [5.74, 6) is -0.996. The van der Waals surface area contributed by atoms with E-state index in [-0.39, 0.29) is 23.5 Å². The second kappa shape index (κ2) is 4.84. The molecule has 0 aliphatic rings. The highest BCUT2D eigenvalue weighted by Gasteiger charge is 2.23. The van der Waals surface area contributed by atoms with Crippen LogP contribution in [-0.2, 0) is 11.3 Å². The molecule has 0 bridgehead atoms. The molecule has 0 saturated heterocycles. The van der Waals surface area contributed by atoms with Crippen LogP contribution in [-0.4, -0.2) is 18.1 Å². The number of carbonyl (C=O) groups is 1. The molecule has 0 aliphatic carbocycles. The standard InChI is InChI=1S/C9H11F2N3O2/c1-16-9(15)6-4(2-12)5(7(10)11)3-14-8(6)13/h3,7H,2,12H2,1H3,(H2,13,14). The molecule has 0 amide bonds. The molecule has 16 heavy (non-hydrogen) atoms. The summed E-state index contributed by atoms with van der Waals surface area (Å²) < 4.78 is 29.6. The molecule has 1 aromatic rings. The van der Waals surface area contributed by atoms with Gasteiger partial charge in [-0.25, -0.2) is 18.6 Å². The number of rotatable bonds is 3. The number of pyridine rings is 1. The van der Waals surface area contributed by atoms with Crippen LogP contribution in [0.25, 0.3) is 0 Å². The quantitative estimate of drug-likeness (QED) is 0.752. The molecule has 0 saturated carbocycles. The van der Waals surface area contributed by atoms with E-state index < -0.39 is 18.0 Å². The second-order valence-corrected chi connectivity index (χ2v) is 2.95. The number of hydrogen-bond donors (Lipinski definition) is 2. The van der Waals surface area contributed by atoms with Crippen LogP contribution in [0, 0.1) is 0 Å². The lowest BCUT2D eigenvalue weighted by molar-refractivity contribution is 0.0599. The van der Waals surface area contributed by atoms with Gasteiger partial charge in [0.25, 0.3) is 6.43 Å². The summed E-state index contributed by atoms with van der Waals surface area (Å²) in [6, 6.07) is 0. The van der Waals surface area contributed by atoms with Gasteiger partial charge < -0.3 is 16.2 Å². The average molecular weight is 231 g/mol. The number of hydrogen-bond acceptors (Lipinski definition) is 5. The first-order valence-corrected chi connectivity index (χ1v) is 4.36. The minimum Gasteiger partial charge on any atom is -0.465 e. The topological polar surface area (TPSA) is 91.2 Å². The van der Waals surface area contributed by atoms with E-state index in [1.165, 1.54) is 0 Å². The fraction of sp³-hybridized carbons (Fsp3) is 0.333. The van der Waals surface area contributed by atoms with E-state index in [1.807, 2.05) is 0 Å². The number of methoxy groups -OCH3 is 1. The zero-order chi connectivity index (χ0) is 12.3. The maximum Gasteiger partial charge on any atom is 0.341 e. The Hall–Kier alpha value is -1.76. The third-order valence-corrected chi connectivity index (χ3v) is 2.08. The van der Waals surface area contributed by atoms with Crippen molar-refractivity contribution < 1.29 is 18.3 Å². The van der Waals surface area contributed by atoms with Gasteiger partial charge in [-0.1, -0.05) is 0 Å². The number of alkyl halides is 2. The number of anilines is 1. The van der Waals surface area contributed by atoms with Crippen molar-refractivity contribution >= 4 is 11.8 Å². The van der Waals surface area contributed by atoms with Crippen LogP contribution in [0.15, 0.2) is 6.20 Å². The van der Waals surface area contributed by atoms with E-state index in [1.54, 1.807) is 0 Å². The summed E-state index contributed by atoms with van der Waals surface area (Å²) in [4.78, 5) is 14.9. The molecular weight excluding hydrogens is 220 g/mol. The molecule has 0 spiro atoms. The Morgan fingerprint density at radius 3 is 2.69 bits per heavy atom. The largest absolute Gasteiger partial charge is 0.465 e. The SMILES string of the molecule is COC(=O)c1c(N)ncc(C(F)F)c1CN. The van der Waals surface area contributed by atoms with Crippen LogP contribution in [0.2, 0.25) is 0 Å². The zero-order valence-electron chi connectivity index (χ0n) is 8.54. The number of carbonyl (C=O) groups excluding carboxylic acids is 1. The van der Waals surface area contributed by atoms with E-state index in [4.69, 9.17) is 11.5 Å². The second-order valence-electron chi connectivity index (χ2n) is 2.95. The van der Waals surface area contributed by atoms with Gasteiger partial charge in [0.1, 0.15) is 11.4 Å². The molecule has 0 aliphatic heterocycles. The number of halogens is 2. The van der Waals surface area contributed by atoms with Crippen molar-refractivity contribution in [3.8, 4) is 0 Å². The number of aromatic nitrogens is 1. The van der Waals surface area contributed by atoms with Gasteiger partial charge >= 0.3 is 5.97 Å². The fourth-order valence-electron chi connectivity index (χ4n) is 1.32. The Morgan fingerprint density at radius 2 is 2.25 bits per heavy atom. The lowest BCUT2D eigenvalue weighted by Gasteiger charge is -2.12. The van der Waals surface area contributed by atoms with Crippen LogP contribution in [0.3, 0.4) is 0 Å². The molecule has 0 fully saturated rings. The minimum absolute atomic E-state index is 0.0330. The first-order valence-electron chi connectivity index (χ1n) is 4.36. The van der Waals surface area contributed by atoms with Crippen LogP contribution in [0.4, 0.5) is 14.6 Å². The van der Waals surface area contributed by atoms with Crippen molar-refractivity contribution in [1.82, 2.24) is 4.98 Å². The van der Waals surface area contributed by atoms with Gasteiger partial charge in [-0.2, -0.15) is 0 Å². The van der Waals surface area contributed by atoms with E-state index in [0.29, 0.717) is 0 Å². The van der Waals surface area contributed by atoms with E-state index in [0.717, 1.165) is 13.3 Å². The Kier molecular flexibility index (Phi) is 3.73. The predicted octanol–water partition coefficient (Wildman–Crippen LogP) is 0.847. The summed E-state index contributed by atoms with van der Waals surface area (Å²) in [6.45, 7) is -0.239. The third kappa shape index (κ3) is 2.08. The highest BCUT2D eigenvalue weighted by Crippen LogP contribution is 2.27. The average Bonchev–Trinajstić information content (AvgIpc) is 2.26. The Labute approximate surface area is 90.4 Å². The Balaban J connectivity index is 3.44. The molecular formula is C9H11F2N3O2. The molecule has 1 aromatic heterocycles. The highest BCUT2D eigenvalue weighted by atomic mass is 19.3. The summed E-state index contributed by atoms with van der Waals surface area (Å²) in [5.41, 5.74) is 10.1. The maximum absolute atomic E-state index is 12.6. The van der Waals surface area contributed by atoms with E-state index >= 15 is 0 Å². The van der Waals surface area contributed by atoms with Crippen LogP contribution >= 0.6 is 0 Å². The lowest BCUT2D eigenvalue weighted by Crippen LogP contribution is -2.16. The number of nitrogens with two attached hydrogens (primary N) is 2. The van der Waals surface area contributed by atoms with Gasteiger partial charge in [-0.3, -0.25) is 0 Å². The van der Waals surface area contributed by atoms with Gasteiger partial charge in [0, 0.05) is 18.3 Å². The van der Waals surface area contributed by atoms with Crippen LogP contribution in [0.5, 0.6) is 0 Å².